The maximum absolute atomic E-state index is 11.4. The van der Waals surface area contributed by atoms with Gasteiger partial charge in [-0.2, -0.15) is 0 Å². The monoisotopic (exact) mass is 208 g/mol. The molecule has 0 aromatic heterocycles. The lowest BCUT2D eigenvalue weighted by Gasteiger charge is -2.07. The number of nitrogens with one attached hydrogen (secondary N) is 1. The lowest BCUT2D eigenvalue weighted by Crippen LogP contribution is -2.36. The van der Waals surface area contributed by atoms with E-state index in [1.165, 1.54) is 5.56 Å². The van der Waals surface area contributed by atoms with Crippen LogP contribution in [0.2, 0.25) is 0 Å². The van der Waals surface area contributed by atoms with Gasteiger partial charge in [-0.25, -0.2) is 0 Å². The molecule has 0 spiro atoms. The molecule has 0 saturated carbocycles. The highest BCUT2D eigenvalue weighted by atomic mass is 32.2. The number of benzene rings is 1. The summed E-state index contributed by atoms with van der Waals surface area (Å²) in [5.41, 5.74) is 7.74. The Balaban J connectivity index is 2.42. The number of hydrogen-bond acceptors (Lipinski definition) is 3. The summed E-state index contributed by atoms with van der Waals surface area (Å²) in [4.78, 5) is 12.6. The van der Waals surface area contributed by atoms with Crippen LogP contribution in [0.3, 0.4) is 0 Å². The van der Waals surface area contributed by atoms with E-state index in [1.807, 2.05) is 25.1 Å². The maximum atomic E-state index is 11.4. The van der Waals surface area contributed by atoms with Crippen molar-refractivity contribution in [3.05, 3.63) is 23.8 Å². The Kier molecular flexibility index (Phi) is 2.48. The summed E-state index contributed by atoms with van der Waals surface area (Å²) in [6.45, 7) is 2.04. The van der Waals surface area contributed by atoms with Crippen molar-refractivity contribution in [1.82, 2.24) is 0 Å². The predicted molar refractivity (Wildman–Crippen MR) is 58.5 cm³/mol. The van der Waals surface area contributed by atoms with E-state index in [2.05, 4.69) is 5.32 Å². The fourth-order valence-corrected chi connectivity index (χ4v) is 2.48. The average Bonchev–Trinajstić information content (AvgIpc) is 2.29. The highest BCUT2D eigenvalue weighted by molar-refractivity contribution is 7.99. The fourth-order valence-electron chi connectivity index (χ4n) is 1.42. The molecule has 74 valence electrons. The van der Waals surface area contributed by atoms with E-state index >= 15 is 0 Å². The molecule has 1 amide bonds. The first kappa shape index (κ1) is 9.55. The number of carbonyl (C=O) groups is 1. The molecule has 1 aromatic carbocycles. The molecular weight excluding hydrogens is 196 g/mol. The van der Waals surface area contributed by atoms with Gasteiger partial charge in [0, 0.05) is 10.6 Å². The molecule has 0 bridgehead atoms. The summed E-state index contributed by atoms with van der Waals surface area (Å²) in [6, 6.07) is 5.47. The van der Waals surface area contributed by atoms with Crippen LogP contribution in [-0.2, 0) is 4.79 Å². The number of amides is 1. The second-order valence-electron chi connectivity index (χ2n) is 3.36. The number of carbonyl (C=O) groups excluding carboxylic acids is 1. The van der Waals surface area contributed by atoms with E-state index in [-0.39, 0.29) is 5.91 Å². The van der Waals surface area contributed by atoms with E-state index in [9.17, 15) is 4.79 Å². The molecule has 0 unspecified atom stereocenters. The maximum Gasteiger partial charge on any atom is 0.242 e. The van der Waals surface area contributed by atoms with Crippen LogP contribution in [0.4, 0.5) is 5.69 Å². The van der Waals surface area contributed by atoms with Crippen molar-refractivity contribution in [3.63, 3.8) is 0 Å². The summed E-state index contributed by atoms with van der Waals surface area (Å²) in [6.07, 6.45) is 0. The van der Waals surface area contributed by atoms with Gasteiger partial charge in [0.2, 0.25) is 5.91 Å². The van der Waals surface area contributed by atoms with Crippen molar-refractivity contribution in [2.45, 2.75) is 17.9 Å². The molecule has 1 heterocycles. The topological polar surface area (TPSA) is 55.1 Å². The molecule has 1 atom stereocenters. The molecule has 3 N–H and O–H groups in total. The third kappa shape index (κ3) is 1.63. The minimum atomic E-state index is -0.410. The van der Waals surface area contributed by atoms with Crippen molar-refractivity contribution in [1.29, 1.82) is 0 Å². The first-order valence-electron chi connectivity index (χ1n) is 4.47. The van der Waals surface area contributed by atoms with E-state index in [0.29, 0.717) is 5.75 Å². The van der Waals surface area contributed by atoms with Gasteiger partial charge in [-0.15, -0.1) is 11.8 Å². The Morgan fingerprint density at radius 3 is 3.14 bits per heavy atom. The Morgan fingerprint density at radius 1 is 1.57 bits per heavy atom. The first-order chi connectivity index (χ1) is 6.68. The van der Waals surface area contributed by atoms with Crippen LogP contribution < -0.4 is 11.1 Å². The van der Waals surface area contributed by atoms with Gasteiger partial charge in [-0.05, 0) is 18.6 Å². The molecule has 1 aliphatic heterocycles. The number of nitrogens with two attached hydrogens (primary N) is 1. The fraction of sp³-hybridized carbons (Fsp3) is 0.300. The SMILES string of the molecule is Cc1cccc2c1SC[C@H](N)C(=O)N2. The summed E-state index contributed by atoms with van der Waals surface area (Å²) in [5, 5.41) is 2.83. The summed E-state index contributed by atoms with van der Waals surface area (Å²) < 4.78 is 0. The Morgan fingerprint density at radius 2 is 2.36 bits per heavy atom. The molecule has 1 aromatic rings. The highest BCUT2D eigenvalue weighted by Gasteiger charge is 2.20. The average molecular weight is 208 g/mol. The van der Waals surface area contributed by atoms with Crippen LogP contribution in [0, 0.1) is 6.92 Å². The Bertz CT molecular complexity index is 378. The number of thioether (sulfide) groups is 1. The van der Waals surface area contributed by atoms with Crippen LogP contribution >= 0.6 is 11.8 Å². The zero-order valence-electron chi connectivity index (χ0n) is 7.91. The van der Waals surface area contributed by atoms with Gasteiger partial charge >= 0.3 is 0 Å². The molecular formula is C10H12N2OS. The summed E-state index contributed by atoms with van der Waals surface area (Å²) in [5.74, 6) is 0.547. The molecule has 0 radical (unpaired) electrons. The number of fused-ring (bicyclic) bond motifs is 1. The lowest BCUT2D eigenvalue weighted by atomic mass is 10.2. The first-order valence-corrected chi connectivity index (χ1v) is 5.46. The summed E-state index contributed by atoms with van der Waals surface area (Å²) >= 11 is 1.64. The standard InChI is InChI=1S/C10H12N2OS/c1-6-3-2-4-8-9(6)14-5-7(11)10(13)12-8/h2-4,7H,5,11H2,1H3,(H,12,13)/t7-/m0/s1. The van der Waals surface area contributed by atoms with Gasteiger partial charge in [0.1, 0.15) is 0 Å². The molecule has 0 aliphatic carbocycles. The van der Waals surface area contributed by atoms with Gasteiger partial charge in [-0.3, -0.25) is 4.79 Å². The Labute approximate surface area is 87.1 Å². The van der Waals surface area contributed by atoms with Crippen LogP contribution in [0.15, 0.2) is 23.1 Å². The molecule has 14 heavy (non-hydrogen) atoms. The number of aryl methyl sites for hydroxylation is 1. The van der Waals surface area contributed by atoms with E-state index in [0.717, 1.165) is 10.6 Å². The molecule has 2 rings (SSSR count). The predicted octanol–water partition coefficient (Wildman–Crippen LogP) is 1.37. The van der Waals surface area contributed by atoms with Crippen molar-refractivity contribution < 1.29 is 4.79 Å². The van der Waals surface area contributed by atoms with Gasteiger partial charge < -0.3 is 11.1 Å². The summed E-state index contributed by atoms with van der Waals surface area (Å²) in [7, 11) is 0. The van der Waals surface area contributed by atoms with Crippen LogP contribution in [0.5, 0.6) is 0 Å². The largest absolute Gasteiger partial charge is 0.324 e. The molecule has 1 aliphatic rings. The highest BCUT2D eigenvalue weighted by Crippen LogP contribution is 2.32. The van der Waals surface area contributed by atoms with Crippen molar-refractivity contribution in [2.24, 2.45) is 5.73 Å². The van der Waals surface area contributed by atoms with Crippen molar-refractivity contribution in [2.75, 3.05) is 11.1 Å². The van der Waals surface area contributed by atoms with Crippen molar-refractivity contribution >= 4 is 23.4 Å². The third-order valence-corrected chi connectivity index (χ3v) is 3.57. The number of anilines is 1. The molecule has 4 heteroatoms. The molecule has 0 fully saturated rings. The number of hydrogen-bond donors (Lipinski definition) is 2. The molecule has 3 nitrogen and oxygen atoms in total. The van der Waals surface area contributed by atoms with Crippen LogP contribution in [-0.4, -0.2) is 17.7 Å². The smallest absolute Gasteiger partial charge is 0.242 e. The molecule has 0 saturated heterocycles. The lowest BCUT2D eigenvalue weighted by molar-refractivity contribution is -0.116. The van der Waals surface area contributed by atoms with Crippen LogP contribution in [0.1, 0.15) is 5.56 Å². The van der Waals surface area contributed by atoms with E-state index < -0.39 is 6.04 Å². The minimum Gasteiger partial charge on any atom is -0.324 e. The van der Waals surface area contributed by atoms with E-state index in [4.69, 9.17) is 5.73 Å². The third-order valence-electron chi connectivity index (χ3n) is 2.21. The van der Waals surface area contributed by atoms with Gasteiger partial charge in [0.05, 0.1) is 11.7 Å². The zero-order valence-corrected chi connectivity index (χ0v) is 8.73. The zero-order chi connectivity index (χ0) is 10.1. The minimum absolute atomic E-state index is 0.0955. The number of rotatable bonds is 0. The normalized spacial score (nSPS) is 21.0. The van der Waals surface area contributed by atoms with Crippen LogP contribution in [0.25, 0.3) is 0 Å². The van der Waals surface area contributed by atoms with Gasteiger partial charge in [-0.1, -0.05) is 12.1 Å². The van der Waals surface area contributed by atoms with Crippen molar-refractivity contribution in [3.8, 4) is 0 Å². The quantitative estimate of drug-likeness (QED) is 0.677. The van der Waals surface area contributed by atoms with Gasteiger partial charge in [0.25, 0.3) is 0 Å². The second-order valence-corrected chi connectivity index (χ2v) is 4.39. The second kappa shape index (κ2) is 3.63. The van der Waals surface area contributed by atoms with Gasteiger partial charge in [0.15, 0.2) is 0 Å². The Hall–Kier alpha value is -1.00. The van der Waals surface area contributed by atoms with E-state index in [1.54, 1.807) is 11.8 Å².